The highest BCUT2D eigenvalue weighted by atomic mass is 16.2. The van der Waals surface area contributed by atoms with Crippen LogP contribution in [-0.4, -0.2) is 52.7 Å². The van der Waals surface area contributed by atoms with Crippen molar-refractivity contribution in [2.24, 2.45) is 4.99 Å². The molecule has 0 aromatic rings. The Morgan fingerprint density at radius 1 is 1.53 bits per heavy atom. The van der Waals surface area contributed by atoms with Crippen LogP contribution in [0.2, 0.25) is 0 Å². The number of carbonyl (C=O) groups is 1. The smallest absolute Gasteiger partial charge is 0.231 e. The van der Waals surface area contributed by atoms with Crippen molar-refractivity contribution in [3.63, 3.8) is 0 Å². The second-order valence-electron chi connectivity index (χ2n) is 5.38. The largest absolute Gasteiger partial charge is 0.348 e. The van der Waals surface area contributed by atoms with E-state index in [1.807, 2.05) is 31.4 Å². The molecule has 6 heteroatoms. The molecule has 2 atom stereocenters. The molecule has 0 saturated carbocycles. The van der Waals surface area contributed by atoms with Crippen LogP contribution >= 0.6 is 0 Å². The Balaban J connectivity index is 1.85. The second-order valence-corrected chi connectivity index (χ2v) is 5.38. The number of amidine groups is 1. The summed E-state index contributed by atoms with van der Waals surface area (Å²) in [6.45, 7) is 2.71. The molecule has 0 spiro atoms. The molecule has 3 rings (SSSR count). The molecule has 3 aliphatic rings. The van der Waals surface area contributed by atoms with Crippen molar-refractivity contribution in [3.8, 4) is 0 Å². The summed E-state index contributed by atoms with van der Waals surface area (Å²) >= 11 is 0. The molecule has 19 heavy (non-hydrogen) atoms. The average molecular weight is 259 g/mol. The molecule has 3 heterocycles. The summed E-state index contributed by atoms with van der Waals surface area (Å²) < 4.78 is 0. The standard InChI is InChI=1S/C13H17N5O/c1-13(7-11(19)17(2)12(14)16-13)9-8-18-6-4-3-5-10(18)15-9/h3-6,9H,7-8H2,1-2H3,(H2,14,16)/t9?,13-/m0/s1. The zero-order valence-electron chi connectivity index (χ0n) is 11.1. The first-order valence-electron chi connectivity index (χ1n) is 6.32. The van der Waals surface area contributed by atoms with E-state index in [9.17, 15) is 4.79 Å². The number of fused-ring (bicyclic) bond motifs is 1. The molecular formula is C13H17N5O. The van der Waals surface area contributed by atoms with Crippen LogP contribution < -0.4 is 5.32 Å². The van der Waals surface area contributed by atoms with Gasteiger partial charge in [-0.2, -0.15) is 0 Å². The highest BCUT2D eigenvalue weighted by molar-refractivity contribution is 6.00. The molecule has 0 aliphatic carbocycles. The summed E-state index contributed by atoms with van der Waals surface area (Å²) in [5.41, 5.74) is -0.493. The van der Waals surface area contributed by atoms with Gasteiger partial charge in [0.1, 0.15) is 5.84 Å². The number of nitrogens with one attached hydrogen (secondary N) is 2. The van der Waals surface area contributed by atoms with Crippen LogP contribution in [0.3, 0.4) is 0 Å². The fourth-order valence-electron chi connectivity index (χ4n) is 2.63. The number of carbonyl (C=O) groups excluding carboxylic acids is 1. The molecule has 1 fully saturated rings. The number of nitrogens with zero attached hydrogens (tertiary/aromatic N) is 3. The van der Waals surface area contributed by atoms with Gasteiger partial charge < -0.3 is 10.2 Å². The summed E-state index contributed by atoms with van der Waals surface area (Å²) in [6, 6.07) is -0.0344. The highest BCUT2D eigenvalue weighted by Gasteiger charge is 2.45. The maximum absolute atomic E-state index is 11.9. The van der Waals surface area contributed by atoms with Crippen LogP contribution in [0.4, 0.5) is 0 Å². The molecule has 6 nitrogen and oxygen atoms in total. The minimum atomic E-state index is -0.493. The number of guanidine groups is 1. The van der Waals surface area contributed by atoms with Crippen molar-refractivity contribution in [2.75, 3.05) is 13.6 Å². The van der Waals surface area contributed by atoms with E-state index in [0.717, 1.165) is 12.4 Å². The van der Waals surface area contributed by atoms with Gasteiger partial charge in [-0.25, -0.2) is 0 Å². The summed E-state index contributed by atoms with van der Waals surface area (Å²) in [5.74, 6) is 1.03. The van der Waals surface area contributed by atoms with Crippen molar-refractivity contribution in [1.82, 2.24) is 15.1 Å². The van der Waals surface area contributed by atoms with Crippen LogP contribution in [0.25, 0.3) is 0 Å². The summed E-state index contributed by atoms with van der Waals surface area (Å²) in [4.78, 5) is 20.0. The van der Waals surface area contributed by atoms with Crippen LogP contribution in [0, 0.1) is 5.41 Å². The van der Waals surface area contributed by atoms with E-state index in [4.69, 9.17) is 5.41 Å². The third-order valence-corrected chi connectivity index (χ3v) is 3.94. The lowest BCUT2D eigenvalue weighted by Gasteiger charge is -2.41. The average Bonchev–Trinajstić information content (AvgIpc) is 2.80. The Hall–Kier alpha value is -2.11. The number of hydrogen-bond donors (Lipinski definition) is 2. The molecular weight excluding hydrogens is 242 g/mol. The molecule has 0 radical (unpaired) electrons. The summed E-state index contributed by atoms with van der Waals surface area (Å²) in [6.07, 6.45) is 8.23. The third kappa shape index (κ3) is 1.83. The van der Waals surface area contributed by atoms with Gasteiger partial charge in [0.25, 0.3) is 0 Å². The molecule has 3 aliphatic heterocycles. The normalized spacial score (nSPS) is 33.4. The number of rotatable bonds is 1. The molecule has 2 N–H and O–H groups in total. The Labute approximate surface area is 112 Å². The maximum Gasteiger partial charge on any atom is 0.231 e. The first-order chi connectivity index (χ1) is 8.99. The van der Waals surface area contributed by atoms with E-state index in [-0.39, 0.29) is 17.9 Å². The Bertz CT molecular complexity index is 515. The maximum atomic E-state index is 11.9. The van der Waals surface area contributed by atoms with Crippen LogP contribution in [0.15, 0.2) is 29.4 Å². The van der Waals surface area contributed by atoms with Gasteiger partial charge in [-0.3, -0.25) is 20.1 Å². The topological polar surface area (TPSA) is 71.8 Å². The van der Waals surface area contributed by atoms with Gasteiger partial charge in [0.2, 0.25) is 5.91 Å². The predicted molar refractivity (Wildman–Crippen MR) is 72.9 cm³/mol. The van der Waals surface area contributed by atoms with Gasteiger partial charge in [0, 0.05) is 19.8 Å². The molecule has 0 aromatic carbocycles. The van der Waals surface area contributed by atoms with Crippen LogP contribution in [0.1, 0.15) is 13.3 Å². The Kier molecular flexibility index (Phi) is 2.48. The molecule has 0 aromatic heterocycles. The molecule has 0 bridgehead atoms. The zero-order valence-corrected chi connectivity index (χ0v) is 11.1. The number of allylic oxidation sites excluding steroid dienone is 2. The van der Waals surface area contributed by atoms with Crippen molar-refractivity contribution in [2.45, 2.75) is 24.9 Å². The van der Waals surface area contributed by atoms with Crippen molar-refractivity contribution in [1.29, 1.82) is 5.41 Å². The Morgan fingerprint density at radius 2 is 2.32 bits per heavy atom. The minimum absolute atomic E-state index is 0.0344. The third-order valence-electron chi connectivity index (χ3n) is 3.94. The molecule has 100 valence electrons. The monoisotopic (exact) mass is 259 g/mol. The lowest BCUT2D eigenvalue weighted by Crippen LogP contribution is -2.64. The zero-order chi connectivity index (χ0) is 13.6. The van der Waals surface area contributed by atoms with Gasteiger partial charge in [0.05, 0.1) is 18.0 Å². The fraction of sp³-hybridized carbons (Fsp3) is 0.462. The minimum Gasteiger partial charge on any atom is -0.348 e. The van der Waals surface area contributed by atoms with Gasteiger partial charge in [0.15, 0.2) is 5.96 Å². The number of amides is 1. The predicted octanol–water partition coefficient (Wildman–Crippen LogP) is 0.298. The first-order valence-corrected chi connectivity index (χ1v) is 6.32. The lowest BCUT2D eigenvalue weighted by molar-refractivity contribution is -0.129. The van der Waals surface area contributed by atoms with E-state index < -0.39 is 5.54 Å². The van der Waals surface area contributed by atoms with E-state index in [1.54, 1.807) is 7.05 Å². The SMILES string of the molecule is CN1C(=N)N[C@](C)(C2CN3C=CC=CC3=N2)CC1=O. The second kappa shape index (κ2) is 3.94. The lowest BCUT2D eigenvalue weighted by atomic mass is 9.87. The first kappa shape index (κ1) is 12.0. The van der Waals surface area contributed by atoms with E-state index in [1.165, 1.54) is 4.90 Å². The number of aliphatic imine (C=N–C) groups is 1. The molecule has 1 unspecified atom stereocenters. The van der Waals surface area contributed by atoms with Crippen molar-refractivity contribution < 1.29 is 4.79 Å². The highest BCUT2D eigenvalue weighted by Crippen LogP contribution is 2.28. The van der Waals surface area contributed by atoms with E-state index in [2.05, 4.69) is 15.2 Å². The van der Waals surface area contributed by atoms with E-state index >= 15 is 0 Å². The number of hydrogen-bond acceptors (Lipinski definition) is 4. The fourth-order valence-corrected chi connectivity index (χ4v) is 2.63. The Morgan fingerprint density at radius 3 is 3.00 bits per heavy atom. The quantitative estimate of drug-likeness (QED) is 0.711. The van der Waals surface area contributed by atoms with Crippen LogP contribution in [0.5, 0.6) is 0 Å². The van der Waals surface area contributed by atoms with Gasteiger partial charge in [-0.15, -0.1) is 0 Å². The van der Waals surface area contributed by atoms with Crippen LogP contribution in [-0.2, 0) is 4.79 Å². The van der Waals surface area contributed by atoms with Gasteiger partial charge in [-0.05, 0) is 19.1 Å². The van der Waals surface area contributed by atoms with Gasteiger partial charge >= 0.3 is 0 Å². The summed E-state index contributed by atoms with van der Waals surface area (Å²) in [7, 11) is 1.62. The molecule has 1 saturated heterocycles. The van der Waals surface area contributed by atoms with Crippen molar-refractivity contribution in [3.05, 3.63) is 24.4 Å². The molecule has 1 amide bonds. The van der Waals surface area contributed by atoms with Gasteiger partial charge in [-0.1, -0.05) is 6.08 Å². The summed E-state index contributed by atoms with van der Waals surface area (Å²) in [5, 5.41) is 11.0. The van der Waals surface area contributed by atoms with Crippen molar-refractivity contribution >= 4 is 17.7 Å². The van der Waals surface area contributed by atoms with E-state index in [0.29, 0.717) is 6.42 Å².